The van der Waals surface area contributed by atoms with Crippen LogP contribution in [0.1, 0.15) is 12.5 Å². The molecule has 1 amide bonds. The van der Waals surface area contributed by atoms with Gasteiger partial charge in [-0.05, 0) is 71.0 Å². The fourth-order valence-corrected chi connectivity index (χ4v) is 2.92. The summed E-state index contributed by atoms with van der Waals surface area (Å²) in [4.78, 5) is 12.0. The first-order chi connectivity index (χ1) is 10.5. The summed E-state index contributed by atoms with van der Waals surface area (Å²) in [5.74, 6) is 0.196. The minimum Gasteiger partial charge on any atom is -0.482 e. The zero-order chi connectivity index (χ0) is 16.1. The van der Waals surface area contributed by atoms with E-state index in [4.69, 9.17) is 27.9 Å². The highest BCUT2D eigenvalue weighted by molar-refractivity contribution is 14.1. The van der Waals surface area contributed by atoms with Gasteiger partial charge < -0.3 is 10.1 Å². The number of amides is 1. The smallest absolute Gasteiger partial charge is 0.262 e. The fraction of sp³-hybridized carbons (Fsp3) is 0.188. The quantitative estimate of drug-likeness (QED) is 0.639. The van der Waals surface area contributed by atoms with E-state index in [9.17, 15) is 4.79 Å². The van der Waals surface area contributed by atoms with Crippen molar-refractivity contribution in [1.29, 1.82) is 0 Å². The van der Waals surface area contributed by atoms with E-state index in [2.05, 4.69) is 27.9 Å². The van der Waals surface area contributed by atoms with Crippen LogP contribution in [0.5, 0.6) is 5.75 Å². The molecule has 0 radical (unpaired) electrons. The molecule has 0 fully saturated rings. The molecule has 0 aromatic heterocycles. The van der Waals surface area contributed by atoms with E-state index in [0.29, 0.717) is 15.8 Å². The summed E-state index contributed by atoms with van der Waals surface area (Å²) in [6, 6.07) is 10.8. The van der Waals surface area contributed by atoms with Crippen molar-refractivity contribution in [1.82, 2.24) is 0 Å². The highest BCUT2D eigenvalue weighted by atomic mass is 127. The first kappa shape index (κ1) is 17.4. The third kappa shape index (κ3) is 4.76. The van der Waals surface area contributed by atoms with Gasteiger partial charge in [-0.3, -0.25) is 4.79 Å². The monoisotopic (exact) mass is 449 g/mol. The maximum Gasteiger partial charge on any atom is 0.262 e. The third-order valence-electron chi connectivity index (χ3n) is 2.97. The first-order valence-electron chi connectivity index (χ1n) is 6.65. The molecule has 0 aliphatic carbocycles. The highest BCUT2D eigenvalue weighted by Crippen LogP contribution is 2.27. The average molecular weight is 450 g/mol. The van der Waals surface area contributed by atoms with Crippen molar-refractivity contribution in [3.63, 3.8) is 0 Å². The number of carbonyl (C=O) groups excluding carboxylic acids is 1. The molecular weight excluding hydrogens is 436 g/mol. The van der Waals surface area contributed by atoms with Gasteiger partial charge in [0.25, 0.3) is 5.91 Å². The van der Waals surface area contributed by atoms with Crippen molar-refractivity contribution in [3.8, 4) is 5.75 Å². The van der Waals surface area contributed by atoms with Crippen LogP contribution < -0.4 is 10.1 Å². The Kier molecular flexibility index (Phi) is 6.35. The third-order valence-corrected chi connectivity index (χ3v) is 4.18. The van der Waals surface area contributed by atoms with Crippen molar-refractivity contribution < 1.29 is 9.53 Å². The normalized spacial score (nSPS) is 10.4. The molecule has 0 aliphatic rings. The number of benzene rings is 2. The summed E-state index contributed by atoms with van der Waals surface area (Å²) < 4.78 is 6.55. The van der Waals surface area contributed by atoms with Crippen molar-refractivity contribution in [2.45, 2.75) is 13.3 Å². The maximum atomic E-state index is 12.0. The Morgan fingerprint density at radius 2 is 2.00 bits per heavy atom. The van der Waals surface area contributed by atoms with Crippen molar-refractivity contribution in [2.75, 3.05) is 11.9 Å². The topological polar surface area (TPSA) is 38.3 Å². The summed E-state index contributed by atoms with van der Waals surface area (Å²) in [6.07, 6.45) is 0.844. The number of aryl methyl sites for hydroxylation is 1. The predicted octanol–water partition coefficient (Wildman–Crippen LogP) is 5.18. The standard InChI is InChI=1S/C16H14Cl2INO2/c1-2-10-7-12(19)4-5-14(10)20-16(21)9-22-15-6-3-11(17)8-13(15)18/h3-8H,2,9H2,1H3,(H,20,21). The second-order valence-corrected chi connectivity index (χ2v) is 6.66. The Hall–Kier alpha value is -0.980. The molecule has 0 saturated carbocycles. The van der Waals surface area contributed by atoms with Gasteiger partial charge in [0.15, 0.2) is 6.61 Å². The first-order valence-corrected chi connectivity index (χ1v) is 8.49. The lowest BCUT2D eigenvalue weighted by atomic mass is 10.1. The molecule has 0 aliphatic heterocycles. The molecule has 2 rings (SSSR count). The summed E-state index contributed by atoms with van der Waals surface area (Å²) in [5, 5.41) is 3.75. The Morgan fingerprint density at radius 3 is 2.68 bits per heavy atom. The Morgan fingerprint density at radius 1 is 1.23 bits per heavy atom. The van der Waals surface area contributed by atoms with Crippen LogP contribution >= 0.6 is 45.8 Å². The molecule has 6 heteroatoms. The van der Waals surface area contributed by atoms with Crippen molar-refractivity contribution >= 4 is 57.4 Å². The van der Waals surface area contributed by atoms with Gasteiger partial charge >= 0.3 is 0 Å². The Bertz CT molecular complexity index is 692. The lowest BCUT2D eigenvalue weighted by Gasteiger charge is -2.12. The SMILES string of the molecule is CCc1cc(I)ccc1NC(=O)COc1ccc(Cl)cc1Cl. The zero-order valence-electron chi connectivity index (χ0n) is 11.8. The van der Waals surface area contributed by atoms with Crippen LogP contribution in [-0.4, -0.2) is 12.5 Å². The van der Waals surface area contributed by atoms with Gasteiger partial charge in [-0.25, -0.2) is 0 Å². The number of anilines is 1. The molecule has 2 aromatic rings. The van der Waals surface area contributed by atoms with Gasteiger partial charge in [0.1, 0.15) is 5.75 Å². The second kappa shape index (κ2) is 8.04. The van der Waals surface area contributed by atoms with E-state index in [1.165, 1.54) is 0 Å². The molecule has 0 unspecified atom stereocenters. The molecule has 1 N–H and O–H groups in total. The van der Waals surface area contributed by atoms with Gasteiger partial charge in [0.2, 0.25) is 0 Å². The number of hydrogen-bond acceptors (Lipinski definition) is 2. The summed E-state index contributed by atoms with van der Waals surface area (Å²) in [5.41, 5.74) is 1.89. The molecule has 3 nitrogen and oxygen atoms in total. The van der Waals surface area contributed by atoms with Crippen LogP contribution in [0.25, 0.3) is 0 Å². The Labute approximate surface area is 153 Å². The summed E-state index contributed by atoms with van der Waals surface area (Å²) in [6.45, 7) is 1.93. The lowest BCUT2D eigenvalue weighted by molar-refractivity contribution is -0.118. The van der Waals surface area contributed by atoms with Crippen LogP contribution in [0.15, 0.2) is 36.4 Å². The van der Waals surface area contributed by atoms with E-state index < -0.39 is 0 Å². The number of hydrogen-bond donors (Lipinski definition) is 1. The van der Waals surface area contributed by atoms with Crippen LogP contribution in [0.4, 0.5) is 5.69 Å². The molecule has 22 heavy (non-hydrogen) atoms. The number of carbonyl (C=O) groups is 1. The van der Waals surface area contributed by atoms with E-state index in [1.54, 1.807) is 18.2 Å². The predicted molar refractivity (Wildman–Crippen MR) is 99.1 cm³/mol. The molecule has 116 valence electrons. The van der Waals surface area contributed by atoms with E-state index >= 15 is 0 Å². The van der Waals surface area contributed by atoms with E-state index in [0.717, 1.165) is 21.2 Å². The molecule has 2 aromatic carbocycles. The summed E-state index contributed by atoms with van der Waals surface area (Å²) in [7, 11) is 0. The van der Waals surface area contributed by atoms with Gasteiger partial charge in [-0.15, -0.1) is 0 Å². The highest BCUT2D eigenvalue weighted by Gasteiger charge is 2.09. The number of rotatable bonds is 5. The van der Waals surface area contributed by atoms with Gasteiger partial charge in [0.05, 0.1) is 5.02 Å². The minimum atomic E-state index is -0.234. The summed E-state index contributed by atoms with van der Waals surface area (Å²) >= 11 is 14.1. The van der Waals surface area contributed by atoms with Crippen LogP contribution in [0.3, 0.4) is 0 Å². The van der Waals surface area contributed by atoms with Crippen molar-refractivity contribution in [3.05, 3.63) is 55.6 Å². The lowest BCUT2D eigenvalue weighted by Crippen LogP contribution is -2.21. The molecule has 0 atom stereocenters. The number of halogens is 3. The minimum absolute atomic E-state index is 0.115. The van der Waals surface area contributed by atoms with Gasteiger partial charge in [-0.1, -0.05) is 30.1 Å². The number of ether oxygens (including phenoxy) is 1. The van der Waals surface area contributed by atoms with Crippen LogP contribution in [0.2, 0.25) is 10.0 Å². The second-order valence-electron chi connectivity index (χ2n) is 4.57. The molecule has 0 saturated heterocycles. The largest absolute Gasteiger partial charge is 0.482 e. The number of nitrogens with one attached hydrogen (secondary N) is 1. The van der Waals surface area contributed by atoms with E-state index in [-0.39, 0.29) is 12.5 Å². The fourth-order valence-electron chi connectivity index (χ4n) is 1.90. The molecule has 0 spiro atoms. The van der Waals surface area contributed by atoms with E-state index in [1.807, 2.05) is 25.1 Å². The zero-order valence-corrected chi connectivity index (χ0v) is 15.5. The van der Waals surface area contributed by atoms with Crippen LogP contribution in [-0.2, 0) is 11.2 Å². The van der Waals surface area contributed by atoms with Crippen LogP contribution in [0, 0.1) is 3.57 Å². The average Bonchev–Trinajstić information content (AvgIpc) is 2.48. The van der Waals surface area contributed by atoms with Crippen molar-refractivity contribution in [2.24, 2.45) is 0 Å². The molecule has 0 heterocycles. The molecular formula is C16H14Cl2INO2. The molecule has 0 bridgehead atoms. The van der Waals surface area contributed by atoms with Gasteiger partial charge in [0, 0.05) is 14.3 Å². The Balaban J connectivity index is 1.98. The van der Waals surface area contributed by atoms with Gasteiger partial charge in [-0.2, -0.15) is 0 Å². The maximum absolute atomic E-state index is 12.0.